The quantitative estimate of drug-likeness (QED) is 0.419. The van der Waals surface area contributed by atoms with Gasteiger partial charge in [0.05, 0.1) is 7.11 Å². The van der Waals surface area contributed by atoms with E-state index in [9.17, 15) is 14.4 Å². The minimum Gasteiger partial charge on any atom is -0.493 e. The number of hydrogen-bond acceptors (Lipinski definition) is 5. The summed E-state index contributed by atoms with van der Waals surface area (Å²) in [5.74, 6) is -0.491. The lowest BCUT2D eigenvalue weighted by Crippen LogP contribution is -2.51. The van der Waals surface area contributed by atoms with Crippen LogP contribution in [0.25, 0.3) is 6.08 Å². The molecule has 0 radical (unpaired) electrons. The van der Waals surface area contributed by atoms with Gasteiger partial charge in [-0.2, -0.15) is 0 Å². The van der Waals surface area contributed by atoms with Gasteiger partial charge < -0.3 is 9.47 Å². The lowest BCUT2D eigenvalue weighted by molar-refractivity contribution is -0.123. The van der Waals surface area contributed by atoms with E-state index in [4.69, 9.17) is 9.47 Å². The first-order valence-corrected chi connectivity index (χ1v) is 9.29. The highest BCUT2D eigenvalue weighted by Gasteiger charge is 2.28. The highest BCUT2D eigenvalue weighted by molar-refractivity contribution is 6.31. The van der Waals surface area contributed by atoms with Crippen molar-refractivity contribution < 1.29 is 23.9 Å². The first-order chi connectivity index (χ1) is 14.4. The summed E-state index contributed by atoms with van der Waals surface area (Å²) in [6, 6.07) is 10.6. The summed E-state index contributed by atoms with van der Waals surface area (Å²) in [5, 5.41) is 4.10. The fraction of sp³-hybridized carbons (Fsp3) is 0.174. The third-order valence-electron chi connectivity index (χ3n) is 4.50. The Morgan fingerprint density at radius 3 is 2.30 bits per heavy atom. The predicted molar refractivity (Wildman–Crippen MR) is 112 cm³/mol. The average Bonchev–Trinajstić information content (AvgIpc) is 2.71. The van der Waals surface area contributed by atoms with Crippen LogP contribution in [0.15, 0.2) is 54.6 Å². The molecular weight excluding hydrogens is 384 g/mol. The van der Waals surface area contributed by atoms with Crippen LogP contribution in [-0.4, -0.2) is 25.0 Å². The topological polar surface area (TPSA) is 93.7 Å². The Labute approximate surface area is 174 Å². The molecule has 0 aliphatic carbocycles. The maximum atomic E-state index is 12.0. The third kappa shape index (κ3) is 4.75. The number of ether oxygens (including phenoxy) is 2. The Morgan fingerprint density at radius 2 is 1.70 bits per heavy atom. The van der Waals surface area contributed by atoms with Crippen molar-refractivity contribution in [2.24, 2.45) is 0 Å². The van der Waals surface area contributed by atoms with E-state index in [1.54, 1.807) is 18.2 Å². The van der Waals surface area contributed by atoms with E-state index in [1.807, 2.05) is 31.2 Å². The molecule has 3 rings (SSSR count). The summed E-state index contributed by atoms with van der Waals surface area (Å²) < 4.78 is 11.5. The van der Waals surface area contributed by atoms with Gasteiger partial charge in [0.15, 0.2) is 11.5 Å². The molecule has 7 heteroatoms. The third-order valence-corrected chi connectivity index (χ3v) is 4.50. The standard InChI is InChI=1S/C23H22N2O5/c1-4-5-17-10-16(11-18-21(26)24-23(28)25-22(18)27)12-19(29-3)20(17)30-13-15-8-6-14(2)7-9-15/h4,6-12H,1,5,13H2,2-3H3,(H2,24,25,26,27,28). The summed E-state index contributed by atoms with van der Waals surface area (Å²) in [5.41, 5.74) is 3.35. The van der Waals surface area contributed by atoms with Gasteiger partial charge in [-0.15, -0.1) is 6.58 Å². The fourth-order valence-corrected chi connectivity index (χ4v) is 3.00. The zero-order valence-electron chi connectivity index (χ0n) is 16.8. The van der Waals surface area contributed by atoms with Crippen molar-refractivity contribution in [3.63, 3.8) is 0 Å². The number of hydrogen-bond donors (Lipinski definition) is 2. The Morgan fingerprint density at radius 1 is 1.03 bits per heavy atom. The number of methoxy groups -OCH3 is 1. The Hall–Kier alpha value is -3.87. The number of imide groups is 2. The monoisotopic (exact) mass is 406 g/mol. The van der Waals surface area contributed by atoms with Crippen LogP contribution in [-0.2, 0) is 22.6 Å². The van der Waals surface area contributed by atoms with Gasteiger partial charge in [-0.3, -0.25) is 20.2 Å². The van der Waals surface area contributed by atoms with Crippen LogP contribution in [0.3, 0.4) is 0 Å². The van der Waals surface area contributed by atoms with Crippen LogP contribution in [0.4, 0.5) is 4.79 Å². The minimum atomic E-state index is -0.841. The van der Waals surface area contributed by atoms with Gasteiger partial charge in [0.2, 0.25) is 0 Å². The van der Waals surface area contributed by atoms with E-state index in [1.165, 1.54) is 18.7 Å². The predicted octanol–water partition coefficient (Wildman–Crippen LogP) is 3.06. The molecule has 2 N–H and O–H groups in total. The van der Waals surface area contributed by atoms with Gasteiger partial charge in [-0.25, -0.2) is 4.79 Å². The van der Waals surface area contributed by atoms with Crippen LogP contribution in [0.2, 0.25) is 0 Å². The molecule has 0 spiro atoms. The SMILES string of the molecule is C=CCc1cc(C=C2C(=O)NC(=O)NC2=O)cc(OC)c1OCc1ccc(C)cc1. The van der Waals surface area contributed by atoms with Gasteiger partial charge in [0, 0.05) is 5.56 Å². The molecule has 0 saturated carbocycles. The van der Waals surface area contributed by atoms with Crippen molar-refractivity contribution in [1.29, 1.82) is 0 Å². The summed E-state index contributed by atoms with van der Waals surface area (Å²) in [4.78, 5) is 35.2. The fourth-order valence-electron chi connectivity index (χ4n) is 3.00. The molecule has 154 valence electrons. The maximum absolute atomic E-state index is 12.0. The normalized spacial score (nSPS) is 13.4. The number of amides is 4. The molecule has 4 amide bonds. The smallest absolute Gasteiger partial charge is 0.328 e. The van der Waals surface area contributed by atoms with Gasteiger partial charge in [-0.05, 0) is 42.7 Å². The Bertz CT molecular complexity index is 1020. The van der Waals surface area contributed by atoms with E-state index in [-0.39, 0.29) is 5.57 Å². The van der Waals surface area contributed by atoms with Crippen LogP contribution in [0.1, 0.15) is 22.3 Å². The number of urea groups is 1. The summed E-state index contributed by atoms with van der Waals surface area (Å²) in [6.45, 7) is 6.16. The lowest BCUT2D eigenvalue weighted by atomic mass is 10.0. The molecule has 0 aromatic heterocycles. The number of allylic oxidation sites excluding steroid dienone is 1. The van der Waals surface area contributed by atoms with Crippen LogP contribution >= 0.6 is 0 Å². The zero-order valence-corrected chi connectivity index (χ0v) is 16.8. The lowest BCUT2D eigenvalue weighted by Gasteiger charge is -2.17. The summed E-state index contributed by atoms with van der Waals surface area (Å²) in [7, 11) is 1.52. The van der Waals surface area contributed by atoms with Gasteiger partial charge in [0.25, 0.3) is 11.8 Å². The molecule has 7 nitrogen and oxygen atoms in total. The van der Waals surface area contributed by atoms with E-state index in [0.717, 1.165) is 11.1 Å². The van der Waals surface area contributed by atoms with Crippen molar-refractivity contribution in [3.8, 4) is 11.5 Å². The van der Waals surface area contributed by atoms with Gasteiger partial charge >= 0.3 is 6.03 Å². The van der Waals surface area contributed by atoms with Crippen LogP contribution in [0, 0.1) is 6.92 Å². The number of aryl methyl sites for hydroxylation is 1. The Kier molecular flexibility index (Phi) is 6.32. The highest BCUT2D eigenvalue weighted by Crippen LogP contribution is 2.35. The first-order valence-electron chi connectivity index (χ1n) is 9.29. The molecule has 1 aliphatic heterocycles. The van der Waals surface area contributed by atoms with E-state index in [0.29, 0.717) is 30.1 Å². The molecule has 0 atom stereocenters. The number of nitrogens with one attached hydrogen (secondary N) is 2. The molecule has 30 heavy (non-hydrogen) atoms. The van der Waals surface area contributed by atoms with Crippen molar-refractivity contribution in [3.05, 3.63) is 76.9 Å². The van der Waals surface area contributed by atoms with Gasteiger partial charge in [-0.1, -0.05) is 35.9 Å². The molecule has 1 saturated heterocycles. The first kappa shape index (κ1) is 20.9. The van der Waals surface area contributed by atoms with E-state index in [2.05, 4.69) is 17.2 Å². The molecular formula is C23H22N2O5. The van der Waals surface area contributed by atoms with Crippen molar-refractivity contribution in [2.75, 3.05) is 7.11 Å². The van der Waals surface area contributed by atoms with E-state index >= 15 is 0 Å². The second-order valence-corrected chi connectivity index (χ2v) is 6.77. The molecule has 2 aromatic rings. The maximum Gasteiger partial charge on any atom is 0.328 e. The second-order valence-electron chi connectivity index (χ2n) is 6.77. The number of carbonyl (C=O) groups is 3. The summed E-state index contributed by atoms with van der Waals surface area (Å²) >= 11 is 0. The van der Waals surface area contributed by atoms with Gasteiger partial charge in [0.1, 0.15) is 12.2 Å². The molecule has 1 aliphatic rings. The van der Waals surface area contributed by atoms with E-state index < -0.39 is 17.8 Å². The van der Waals surface area contributed by atoms with Crippen molar-refractivity contribution in [1.82, 2.24) is 10.6 Å². The molecule has 0 unspecified atom stereocenters. The van der Waals surface area contributed by atoms with Crippen LogP contribution < -0.4 is 20.1 Å². The highest BCUT2D eigenvalue weighted by atomic mass is 16.5. The number of barbiturate groups is 1. The van der Waals surface area contributed by atoms with Crippen molar-refractivity contribution >= 4 is 23.9 Å². The Balaban J connectivity index is 1.94. The summed E-state index contributed by atoms with van der Waals surface area (Å²) in [6.07, 6.45) is 3.62. The minimum absolute atomic E-state index is 0.172. The van der Waals surface area contributed by atoms with Crippen molar-refractivity contribution in [2.45, 2.75) is 20.0 Å². The number of benzene rings is 2. The molecule has 1 fully saturated rings. The average molecular weight is 406 g/mol. The van der Waals surface area contributed by atoms with Crippen LogP contribution in [0.5, 0.6) is 11.5 Å². The largest absolute Gasteiger partial charge is 0.493 e. The molecule has 1 heterocycles. The molecule has 2 aromatic carbocycles. The number of rotatable bonds is 7. The second kappa shape index (κ2) is 9.09. The zero-order chi connectivity index (χ0) is 21.7. The molecule has 0 bridgehead atoms. The number of carbonyl (C=O) groups excluding carboxylic acids is 3.